The maximum Gasteiger partial charge on any atom is 0.142 e. The van der Waals surface area contributed by atoms with Gasteiger partial charge in [-0.15, -0.1) is 12.4 Å². The first kappa shape index (κ1) is 11.6. The first-order chi connectivity index (χ1) is 6.18. The fourth-order valence-corrected chi connectivity index (χ4v) is 1.96. The zero-order valence-electron chi connectivity index (χ0n) is 7.92. The standard InChI is InChI=1S/C10H12ClNO.ClH/c1-6-4-7-9(12)2-3-13-10(7)8(11)5-6;/h4-5,9H,2-3,12H2,1H3;1H/t9-;/m1./s1. The molecule has 1 aromatic carbocycles. The molecule has 0 unspecified atom stereocenters. The maximum atomic E-state index is 6.03. The summed E-state index contributed by atoms with van der Waals surface area (Å²) in [6.45, 7) is 2.67. The van der Waals surface area contributed by atoms with Crippen LogP contribution < -0.4 is 10.5 Å². The third kappa shape index (κ3) is 1.97. The number of fused-ring (bicyclic) bond motifs is 1. The van der Waals surface area contributed by atoms with E-state index in [1.807, 2.05) is 19.1 Å². The van der Waals surface area contributed by atoms with Crippen molar-refractivity contribution in [1.29, 1.82) is 0 Å². The van der Waals surface area contributed by atoms with E-state index >= 15 is 0 Å². The van der Waals surface area contributed by atoms with Crippen molar-refractivity contribution in [2.24, 2.45) is 5.73 Å². The van der Waals surface area contributed by atoms with Crippen molar-refractivity contribution < 1.29 is 4.74 Å². The highest BCUT2D eigenvalue weighted by Crippen LogP contribution is 2.37. The highest BCUT2D eigenvalue weighted by atomic mass is 35.5. The van der Waals surface area contributed by atoms with Gasteiger partial charge < -0.3 is 10.5 Å². The number of hydrogen-bond donors (Lipinski definition) is 1. The summed E-state index contributed by atoms with van der Waals surface area (Å²) in [5.74, 6) is 0.769. The molecule has 4 heteroatoms. The van der Waals surface area contributed by atoms with E-state index in [4.69, 9.17) is 22.1 Å². The highest BCUT2D eigenvalue weighted by Gasteiger charge is 2.20. The first-order valence-electron chi connectivity index (χ1n) is 4.37. The van der Waals surface area contributed by atoms with Gasteiger partial charge in [0.05, 0.1) is 11.6 Å². The lowest BCUT2D eigenvalue weighted by molar-refractivity contribution is 0.269. The molecular formula is C10H13Cl2NO. The Balaban J connectivity index is 0.000000980. The molecular weight excluding hydrogens is 221 g/mol. The summed E-state index contributed by atoms with van der Waals surface area (Å²) in [5.41, 5.74) is 8.11. The van der Waals surface area contributed by atoms with Crippen LogP contribution in [0.1, 0.15) is 23.6 Å². The van der Waals surface area contributed by atoms with Gasteiger partial charge in [0, 0.05) is 18.0 Å². The minimum Gasteiger partial charge on any atom is -0.492 e. The Bertz CT molecular complexity index is 341. The average Bonchev–Trinajstić information content (AvgIpc) is 2.07. The summed E-state index contributed by atoms with van der Waals surface area (Å²) in [6, 6.07) is 4.02. The SMILES string of the molecule is Cc1cc(Cl)c2c(c1)[C@H](N)CCO2.Cl. The molecule has 0 spiro atoms. The van der Waals surface area contributed by atoms with Crippen LogP contribution in [0.25, 0.3) is 0 Å². The molecule has 0 saturated heterocycles. The second kappa shape index (κ2) is 4.39. The van der Waals surface area contributed by atoms with Crippen LogP contribution in [-0.4, -0.2) is 6.61 Å². The lowest BCUT2D eigenvalue weighted by Crippen LogP contribution is -2.20. The van der Waals surface area contributed by atoms with Crippen molar-refractivity contribution in [2.75, 3.05) is 6.61 Å². The molecule has 2 N–H and O–H groups in total. The molecule has 1 atom stereocenters. The van der Waals surface area contributed by atoms with E-state index in [1.54, 1.807) is 0 Å². The zero-order valence-corrected chi connectivity index (χ0v) is 9.49. The predicted octanol–water partition coefficient (Wildman–Crippen LogP) is 2.85. The molecule has 0 fully saturated rings. The molecule has 0 saturated carbocycles. The van der Waals surface area contributed by atoms with E-state index in [1.165, 1.54) is 0 Å². The molecule has 1 heterocycles. The minimum absolute atomic E-state index is 0. The van der Waals surface area contributed by atoms with Gasteiger partial charge in [0.25, 0.3) is 0 Å². The lowest BCUT2D eigenvalue weighted by atomic mass is 9.99. The van der Waals surface area contributed by atoms with Crippen LogP contribution in [0.2, 0.25) is 5.02 Å². The number of nitrogens with two attached hydrogens (primary N) is 1. The molecule has 1 aliphatic heterocycles. The molecule has 78 valence electrons. The second-order valence-corrected chi connectivity index (χ2v) is 3.82. The summed E-state index contributed by atoms with van der Waals surface area (Å²) in [5, 5.41) is 0.671. The Morgan fingerprint density at radius 1 is 1.50 bits per heavy atom. The molecule has 1 aromatic rings. The Morgan fingerprint density at radius 2 is 2.21 bits per heavy atom. The Morgan fingerprint density at radius 3 is 2.93 bits per heavy atom. The van der Waals surface area contributed by atoms with Crippen LogP contribution in [0.15, 0.2) is 12.1 Å². The normalized spacial score (nSPS) is 19.2. The van der Waals surface area contributed by atoms with Gasteiger partial charge in [0.15, 0.2) is 0 Å². The van der Waals surface area contributed by atoms with E-state index < -0.39 is 0 Å². The Labute approximate surface area is 94.8 Å². The molecule has 1 aliphatic rings. The molecule has 0 radical (unpaired) electrons. The van der Waals surface area contributed by atoms with Crippen molar-refractivity contribution in [3.8, 4) is 5.75 Å². The number of aryl methyl sites for hydroxylation is 1. The molecule has 0 aliphatic carbocycles. The summed E-state index contributed by atoms with van der Waals surface area (Å²) in [6.07, 6.45) is 0.868. The van der Waals surface area contributed by atoms with Gasteiger partial charge in [-0.1, -0.05) is 17.7 Å². The van der Waals surface area contributed by atoms with Crippen LogP contribution in [0, 0.1) is 6.92 Å². The molecule has 0 aromatic heterocycles. The minimum atomic E-state index is 0. The van der Waals surface area contributed by atoms with E-state index in [2.05, 4.69) is 0 Å². The predicted molar refractivity (Wildman–Crippen MR) is 60.5 cm³/mol. The van der Waals surface area contributed by atoms with Crippen molar-refractivity contribution in [1.82, 2.24) is 0 Å². The highest BCUT2D eigenvalue weighted by molar-refractivity contribution is 6.32. The van der Waals surface area contributed by atoms with Crippen molar-refractivity contribution >= 4 is 24.0 Å². The van der Waals surface area contributed by atoms with Gasteiger partial charge in [0.2, 0.25) is 0 Å². The summed E-state index contributed by atoms with van der Waals surface area (Å²) in [7, 11) is 0. The topological polar surface area (TPSA) is 35.2 Å². The van der Waals surface area contributed by atoms with Crippen LogP contribution in [-0.2, 0) is 0 Å². The molecule has 0 amide bonds. The second-order valence-electron chi connectivity index (χ2n) is 3.41. The molecule has 2 rings (SSSR count). The summed E-state index contributed by atoms with van der Waals surface area (Å²) in [4.78, 5) is 0. The van der Waals surface area contributed by atoms with Gasteiger partial charge in [-0.3, -0.25) is 0 Å². The third-order valence-electron chi connectivity index (χ3n) is 2.29. The van der Waals surface area contributed by atoms with Gasteiger partial charge >= 0.3 is 0 Å². The van der Waals surface area contributed by atoms with Crippen molar-refractivity contribution in [2.45, 2.75) is 19.4 Å². The summed E-state index contributed by atoms with van der Waals surface area (Å²) < 4.78 is 5.47. The fourth-order valence-electron chi connectivity index (χ4n) is 1.63. The smallest absolute Gasteiger partial charge is 0.142 e. The lowest BCUT2D eigenvalue weighted by Gasteiger charge is -2.24. The summed E-state index contributed by atoms with van der Waals surface area (Å²) >= 11 is 6.03. The van der Waals surface area contributed by atoms with Crippen LogP contribution in [0.4, 0.5) is 0 Å². The molecule has 14 heavy (non-hydrogen) atoms. The fraction of sp³-hybridized carbons (Fsp3) is 0.400. The third-order valence-corrected chi connectivity index (χ3v) is 2.57. The van der Waals surface area contributed by atoms with Crippen LogP contribution >= 0.6 is 24.0 Å². The monoisotopic (exact) mass is 233 g/mol. The van der Waals surface area contributed by atoms with Gasteiger partial charge in [-0.2, -0.15) is 0 Å². The van der Waals surface area contributed by atoms with Gasteiger partial charge in [0.1, 0.15) is 5.75 Å². The van der Waals surface area contributed by atoms with E-state index in [0.29, 0.717) is 11.6 Å². The van der Waals surface area contributed by atoms with E-state index in [0.717, 1.165) is 23.3 Å². The number of halogens is 2. The van der Waals surface area contributed by atoms with E-state index in [-0.39, 0.29) is 18.4 Å². The van der Waals surface area contributed by atoms with Crippen LogP contribution in [0.5, 0.6) is 5.75 Å². The van der Waals surface area contributed by atoms with Crippen molar-refractivity contribution in [3.63, 3.8) is 0 Å². The molecule has 0 bridgehead atoms. The number of benzene rings is 1. The quantitative estimate of drug-likeness (QED) is 0.749. The van der Waals surface area contributed by atoms with Gasteiger partial charge in [-0.25, -0.2) is 0 Å². The molecule has 2 nitrogen and oxygen atoms in total. The number of hydrogen-bond acceptors (Lipinski definition) is 2. The number of rotatable bonds is 0. The van der Waals surface area contributed by atoms with Crippen molar-refractivity contribution in [3.05, 3.63) is 28.3 Å². The largest absolute Gasteiger partial charge is 0.492 e. The Kier molecular flexibility index (Phi) is 3.65. The van der Waals surface area contributed by atoms with E-state index in [9.17, 15) is 0 Å². The Hall–Kier alpha value is -0.440. The van der Waals surface area contributed by atoms with Gasteiger partial charge in [-0.05, 0) is 18.6 Å². The first-order valence-corrected chi connectivity index (χ1v) is 4.74. The average molecular weight is 234 g/mol. The van der Waals surface area contributed by atoms with Crippen LogP contribution in [0.3, 0.4) is 0 Å². The maximum absolute atomic E-state index is 6.03. The zero-order chi connectivity index (χ0) is 9.42. The number of ether oxygens (including phenoxy) is 1.